The number of likely N-dealkylation sites (tertiary alicyclic amines) is 1. The standard InChI is InChI=1S/C20H29NO3/c1-6-24-20(23)17-7-9-21(10-8-17)12-18-13(2)11-14(3)19(15(18)4)16(5)22/h11,17H,6-10,12H2,1-5H3. The van der Waals surface area contributed by atoms with Gasteiger partial charge in [-0.25, -0.2) is 0 Å². The molecule has 1 saturated heterocycles. The van der Waals surface area contributed by atoms with Gasteiger partial charge in [-0.3, -0.25) is 14.5 Å². The van der Waals surface area contributed by atoms with Gasteiger partial charge < -0.3 is 4.74 Å². The van der Waals surface area contributed by atoms with Crippen molar-refractivity contribution in [2.24, 2.45) is 5.92 Å². The number of hydrogen-bond donors (Lipinski definition) is 0. The Morgan fingerprint density at radius 1 is 1.17 bits per heavy atom. The molecule has 4 nitrogen and oxygen atoms in total. The average Bonchev–Trinajstić information content (AvgIpc) is 2.51. The number of aryl methyl sites for hydroxylation is 2. The number of benzene rings is 1. The summed E-state index contributed by atoms with van der Waals surface area (Å²) < 4.78 is 5.13. The molecule has 0 aromatic heterocycles. The van der Waals surface area contributed by atoms with Gasteiger partial charge in [0.2, 0.25) is 0 Å². The van der Waals surface area contributed by atoms with Gasteiger partial charge in [0, 0.05) is 12.1 Å². The maximum Gasteiger partial charge on any atom is 0.309 e. The first kappa shape index (κ1) is 18.7. The first-order valence-electron chi connectivity index (χ1n) is 8.84. The number of ether oxygens (including phenoxy) is 1. The monoisotopic (exact) mass is 331 g/mol. The predicted molar refractivity (Wildman–Crippen MR) is 95.3 cm³/mol. The van der Waals surface area contributed by atoms with Gasteiger partial charge in [0.1, 0.15) is 0 Å². The smallest absolute Gasteiger partial charge is 0.309 e. The average molecular weight is 331 g/mol. The van der Waals surface area contributed by atoms with Crippen LogP contribution >= 0.6 is 0 Å². The van der Waals surface area contributed by atoms with Crippen molar-refractivity contribution in [3.05, 3.63) is 33.9 Å². The number of ketones is 1. The van der Waals surface area contributed by atoms with E-state index in [9.17, 15) is 9.59 Å². The van der Waals surface area contributed by atoms with Crippen LogP contribution in [0.5, 0.6) is 0 Å². The zero-order valence-corrected chi connectivity index (χ0v) is 15.6. The van der Waals surface area contributed by atoms with E-state index in [-0.39, 0.29) is 17.7 Å². The van der Waals surface area contributed by atoms with Crippen LogP contribution in [-0.2, 0) is 16.1 Å². The zero-order chi connectivity index (χ0) is 17.9. The van der Waals surface area contributed by atoms with Crippen LogP contribution < -0.4 is 0 Å². The Bertz CT molecular complexity index is 628. The van der Waals surface area contributed by atoms with Crippen molar-refractivity contribution in [1.29, 1.82) is 0 Å². The van der Waals surface area contributed by atoms with Gasteiger partial charge in [0.25, 0.3) is 0 Å². The van der Waals surface area contributed by atoms with E-state index >= 15 is 0 Å². The molecule has 24 heavy (non-hydrogen) atoms. The van der Waals surface area contributed by atoms with Crippen molar-refractivity contribution in [1.82, 2.24) is 4.90 Å². The SMILES string of the molecule is CCOC(=O)C1CCN(Cc2c(C)cc(C)c(C(C)=O)c2C)CC1. The topological polar surface area (TPSA) is 46.6 Å². The molecular weight excluding hydrogens is 302 g/mol. The molecule has 2 rings (SSSR count). The highest BCUT2D eigenvalue weighted by atomic mass is 16.5. The van der Waals surface area contributed by atoms with Gasteiger partial charge in [-0.1, -0.05) is 6.07 Å². The Kier molecular flexibility index (Phi) is 6.16. The van der Waals surface area contributed by atoms with Gasteiger partial charge >= 0.3 is 5.97 Å². The van der Waals surface area contributed by atoms with Crippen LogP contribution in [0.3, 0.4) is 0 Å². The van der Waals surface area contributed by atoms with Crippen molar-refractivity contribution in [3.63, 3.8) is 0 Å². The molecule has 0 aliphatic carbocycles. The molecule has 1 aliphatic heterocycles. The van der Waals surface area contributed by atoms with Crippen LogP contribution in [0.25, 0.3) is 0 Å². The molecule has 0 radical (unpaired) electrons. The number of hydrogen-bond acceptors (Lipinski definition) is 4. The maximum absolute atomic E-state index is 12.0. The van der Waals surface area contributed by atoms with E-state index in [2.05, 4.69) is 24.8 Å². The predicted octanol–water partition coefficient (Wildman–Crippen LogP) is 3.59. The van der Waals surface area contributed by atoms with Crippen molar-refractivity contribution in [2.75, 3.05) is 19.7 Å². The largest absolute Gasteiger partial charge is 0.466 e. The van der Waals surface area contributed by atoms with Crippen LogP contribution in [0.2, 0.25) is 0 Å². The second kappa shape index (κ2) is 7.93. The first-order chi connectivity index (χ1) is 11.3. The van der Waals surface area contributed by atoms with Gasteiger partial charge in [-0.2, -0.15) is 0 Å². The second-order valence-corrected chi connectivity index (χ2v) is 6.85. The van der Waals surface area contributed by atoms with E-state index in [1.54, 1.807) is 6.92 Å². The zero-order valence-electron chi connectivity index (χ0n) is 15.6. The Hall–Kier alpha value is -1.68. The Labute approximate surface area is 145 Å². The molecule has 1 aromatic carbocycles. The molecule has 1 aliphatic rings. The van der Waals surface area contributed by atoms with Crippen LogP contribution in [0, 0.1) is 26.7 Å². The molecule has 1 fully saturated rings. The Morgan fingerprint density at radius 2 is 1.79 bits per heavy atom. The summed E-state index contributed by atoms with van der Waals surface area (Å²) in [5.74, 6) is 0.111. The third-order valence-corrected chi connectivity index (χ3v) is 5.07. The molecule has 0 saturated carbocycles. The van der Waals surface area contributed by atoms with E-state index in [1.165, 1.54) is 11.1 Å². The van der Waals surface area contributed by atoms with Crippen LogP contribution in [0.4, 0.5) is 0 Å². The number of carbonyl (C=O) groups is 2. The minimum absolute atomic E-state index is 0.0363. The van der Waals surface area contributed by atoms with Gasteiger partial charge in [0.05, 0.1) is 12.5 Å². The molecule has 1 heterocycles. The Balaban J connectivity index is 2.09. The molecule has 4 heteroatoms. The summed E-state index contributed by atoms with van der Waals surface area (Å²) in [4.78, 5) is 26.2. The number of esters is 1. The van der Waals surface area contributed by atoms with Crippen molar-refractivity contribution in [2.45, 2.75) is 54.0 Å². The van der Waals surface area contributed by atoms with E-state index in [4.69, 9.17) is 4.74 Å². The van der Waals surface area contributed by atoms with Gasteiger partial charge in [-0.15, -0.1) is 0 Å². The van der Waals surface area contributed by atoms with Crippen molar-refractivity contribution >= 4 is 11.8 Å². The fourth-order valence-corrected chi connectivity index (χ4v) is 3.82. The fraction of sp³-hybridized carbons (Fsp3) is 0.600. The molecule has 0 N–H and O–H groups in total. The maximum atomic E-state index is 12.0. The highest BCUT2D eigenvalue weighted by molar-refractivity contribution is 5.97. The van der Waals surface area contributed by atoms with Crippen LogP contribution in [-0.4, -0.2) is 36.3 Å². The number of Topliss-reactive ketones (excluding diaryl/α,β-unsaturated/α-hetero) is 1. The van der Waals surface area contributed by atoms with Crippen molar-refractivity contribution in [3.8, 4) is 0 Å². The number of rotatable bonds is 5. The van der Waals surface area contributed by atoms with Crippen LogP contribution in [0.1, 0.15) is 59.3 Å². The molecule has 0 unspecified atom stereocenters. The fourth-order valence-electron chi connectivity index (χ4n) is 3.82. The number of nitrogens with zero attached hydrogens (tertiary/aromatic N) is 1. The molecular formula is C20H29NO3. The summed E-state index contributed by atoms with van der Waals surface area (Å²) in [6.45, 7) is 12.7. The quantitative estimate of drug-likeness (QED) is 0.611. The molecule has 0 amide bonds. The first-order valence-corrected chi connectivity index (χ1v) is 8.84. The summed E-state index contributed by atoms with van der Waals surface area (Å²) in [6, 6.07) is 2.12. The van der Waals surface area contributed by atoms with Crippen LogP contribution in [0.15, 0.2) is 6.07 Å². The molecule has 0 atom stereocenters. The lowest BCUT2D eigenvalue weighted by molar-refractivity contribution is -0.149. The Morgan fingerprint density at radius 3 is 2.33 bits per heavy atom. The normalized spacial score (nSPS) is 16.2. The summed E-state index contributed by atoms with van der Waals surface area (Å²) in [6.07, 6.45) is 1.70. The van der Waals surface area contributed by atoms with E-state index in [1.807, 2.05) is 13.8 Å². The lowest BCUT2D eigenvalue weighted by atomic mass is 9.90. The van der Waals surface area contributed by atoms with Gasteiger partial charge in [0.15, 0.2) is 5.78 Å². The number of carbonyl (C=O) groups excluding carboxylic acids is 2. The lowest BCUT2D eigenvalue weighted by Gasteiger charge is -2.32. The lowest BCUT2D eigenvalue weighted by Crippen LogP contribution is -2.36. The van der Waals surface area contributed by atoms with E-state index in [0.717, 1.165) is 49.2 Å². The minimum Gasteiger partial charge on any atom is -0.466 e. The van der Waals surface area contributed by atoms with E-state index < -0.39 is 0 Å². The summed E-state index contributed by atoms with van der Waals surface area (Å²) in [7, 11) is 0. The van der Waals surface area contributed by atoms with Crippen molar-refractivity contribution < 1.29 is 14.3 Å². The summed E-state index contributed by atoms with van der Waals surface area (Å²) in [5, 5.41) is 0. The molecule has 1 aromatic rings. The molecule has 0 spiro atoms. The third-order valence-electron chi connectivity index (χ3n) is 5.07. The summed E-state index contributed by atoms with van der Waals surface area (Å²) in [5.41, 5.74) is 5.51. The second-order valence-electron chi connectivity index (χ2n) is 6.85. The van der Waals surface area contributed by atoms with Gasteiger partial charge in [-0.05, 0) is 82.8 Å². The third kappa shape index (κ3) is 4.04. The minimum atomic E-state index is -0.0567. The molecule has 0 bridgehead atoms. The molecule has 132 valence electrons. The highest BCUT2D eigenvalue weighted by Gasteiger charge is 2.26. The number of piperidine rings is 1. The highest BCUT2D eigenvalue weighted by Crippen LogP contribution is 2.26. The summed E-state index contributed by atoms with van der Waals surface area (Å²) >= 11 is 0. The van der Waals surface area contributed by atoms with E-state index in [0.29, 0.717) is 6.61 Å².